The molecule has 0 radical (unpaired) electrons. The lowest BCUT2D eigenvalue weighted by Gasteiger charge is -2.12. The Kier molecular flexibility index (Phi) is 4.63. The van der Waals surface area contributed by atoms with Gasteiger partial charge in [0.15, 0.2) is 6.29 Å². The minimum Gasteiger partial charge on any atom is -0.350 e. The number of fused-ring (bicyclic) bond motifs is 1. The fraction of sp³-hybridized carbons (Fsp3) is 0.333. The van der Waals surface area contributed by atoms with Crippen LogP contribution < -0.4 is 0 Å². The summed E-state index contributed by atoms with van der Waals surface area (Å²) in [6.07, 6.45) is 3.09. The second-order valence-electron chi connectivity index (χ2n) is 6.33. The van der Waals surface area contributed by atoms with Gasteiger partial charge in [-0.3, -0.25) is 0 Å². The minimum absolute atomic E-state index is 0.00282. The van der Waals surface area contributed by atoms with Crippen molar-refractivity contribution >= 4 is 10.9 Å². The Morgan fingerprint density at radius 1 is 0.917 bits per heavy atom. The number of ether oxygens (including phenoxy) is 2. The van der Waals surface area contributed by atoms with Crippen LogP contribution >= 0.6 is 0 Å². The molecule has 2 heterocycles. The van der Waals surface area contributed by atoms with Crippen molar-refractivity contribution in [2.24, 2.45) is 0 Å². The van der Waals surface area contributed by atoms with Crippen molar-refractivity contribution < 1.29 is 9.47 Å². The molecule has 24 heavy (non-hydrogen) atoms. The quantitative estimate of drug-likeness (QED) is 0.672. The van der Waals surface area contributed by atoms with Crippen molar-refractivity contribution in [2.45, 2.75) is 32.1 Å². The lowest BCUT2D eigenvalue weighted by molar-refractivity contribution is -0.0476. The van der Waals surface area contributed by atoms with E-state index in [0.717, 1.165) is 39.0 Å². The van der Waals surface area contributed by atoms with Gasteiger partial charge in [0.05, 0.1) is 13.2 Å². The van der Waals surface area contributed by atoms with E-state index in [1.165, 1.54) is 22.2 Å². The summed E-state index contributed by atoms with van der Waals surface area (Å²) < 4.78 is 13.5. The highest BCUT2D eigenvalue weighted by Gasteiger charge is 2.16. The molecule has 3 heteroatoms. The predicted molar refractivity (Wildman–Crippen MR) is 96.1 cm³/mol. The maximum absolute atomic E-state index is 5.55. The van der Waals surface area contributed by atoms with Gasteiger partial charge in [-0.15, -0.1) is 0 Å². The third kappa shape index (κ3) is 3.37. The molecule has 0 aliphatic carbocycles. The fourth-order valence-corrected chi connectivity index (χ4v) is 3.45. The number of benzene rings is 2. The van der Waals surface area contributed by atoms with Crippen molar-refractivity contribution in [2.75, 3.05) is 13.2 Å². The molecule has 0 saturated carbocycles. The molecule has 4 rings (SSSR count). The largest absolute Gasteiger partial charge is 0.350 e. The Morgan fingerprint density at radius 2 is 1.67 bits per heavy atom. The van der Waals surface area contributed by atoms with Gasteiger partial charge in [0.25, 0.3) is 0 Å². The van der Waals surface area contributed by atoms with Crippen molar-refractivity contribution in [3.8, 4) is 0 Å². The van der Waals surface area contributed by atoms with E-state index in [1.54, 1.807) is 0 Å². The van der Waals surface area contributed by atoms with Crippen LogP contribution in [0.2, 0.25) is 0 Å². The highest BCUT2D eigenvalue weighted by molar-refractivity contribution is 5.81. The Morgan fingerprint density at radius 3 is 2.50 bits per heavy atom. The molecule has 1 saturated heterocycles. The van der Waals surface area contributed by atoms with Gasteiger partial charge in [-0.1, -0.05) is 48.5 Å². The first-order chi connectivity index (χ1) is 11.9. The first-order valence-corrected chi connectivity index (χ1v) is 8.74. The molecule has 1 aliphatic heterocycles. The maximum atomic E-state index is 5.55. The number of aromatic nitrogens is 1. The molecule has 2 aromatic carbocycles. The number of rotatable bonds is 6. The molecule has 0 N–H and O–H groups in total. The molecule has 0 atom stereocenters. The smallest absolute Gasteiger partial charge is 0.157 e. The zero-order valence-corrected chi connectivity index (χ0v) is 13.9. The SMILES string of the molecule is c1ccc(Cn2c(CCCC3OCCO3)cc3ccccc32)cc1. The van der Waals surface area contributed by atoms with E-state index >= 15 is 0 Å². The summed E-state index contributed by atoms with van der Waals surface area (Å²) >= 11 is 0. The molecule has 0 spiro atoms. The molecular formula is C21H23NO2. The zero-order valence-electron chi connectivity index (χ0n) is 13.9. The average Bonchev–Trinajstić information content (AvgIpc) is 3.25. The molecule has 0 amide bonds. The maximum Gasteiger partial charge on any atom is 0.157 e. The van der Waals surface area contributed by atoms with Gasteiger partial charge in [-0.05, 0) is 42.3 Å². The van der Waals surface area contributed by atoms with E-state index in [-0.39, 0.29) is 6.29 Å². The monoisotopic (exact) mass is 321 g/mol. The van der Waals surface area contributed by atoms with Crippen LogP contribution in [0.3, 0.4) is 0 Å². The minimum atomic E-state index is -0.00282. The molecule has 0 bridgehead atoms. The van der Waals surface area contributed by atoms with E-state index in [4.69, 9.17) is 9.47 Å². The van der Waals surface area contributed by atoms with Crippen LogP contribution in [0.5, 0.6) is 0 Å². The van der Waals surface area contributed by atoms with Crippen molar-refractivity contribution in [3.63, 3.8) is 0 Å². The standard InChI is InChI=1S/C21H23NO2/c1-2-7-17(8-3-1)16-22-19(10-6-12-21-23-13-14-24-21)15-18-9-4-5-11-20(18)22/h1-5,7-9,11,15,21H,6,10,12-14,16H2. The lowest BCUT2D eigenvalue weighted by Crippen LogP contribution is -2.09. The van der Waals surface area contributed by atoms with Gasteiger partial charge in [0.2, 0.25) is 0 Å². The highest BCUT2D eigenvalue weighted by Crippen LogP contribution is 2.23. The summed E-state index contributed by atoms with van der Waals surface area (Å²) in [5.74, 6) is 0. The predicted octanol–water partition coefficient (Wildman–Crippen LogP) is 4.39. The van der Waals surface area contributed by atoms with Gasteiger partial charge in [0, 0.05) is 17.8 Å². The topological polar surface area (TPSA) is 23.4 Å². The molecule has 3 aromatic rings. The number of para-hydroxylation sites is 1. The van der Waals surface area contributed by atoms with Crippen LogP contribution in [0.1, 0.15) is 24.1 Å². The molecule has 0 unspecified atom stereocenters. The molecule has 3 nitrogen and oxygen atoms in total. The molecule has 1 aliphatic rings. The van der Waals surface area contributed by atoms with Crippen LogP contribution in [0.25, 0.3) is 10.9 Å². The summed E-state index contributed by atoms with van der Waals surface area (Å²) in [7, 11) is 0. The van der Waals surface area contributed by atoms with Crippen molar-refractivity contribution in [3.05, 3.63) is 71.9 Å². The van der Waals surface area contributed by atoms with E-state index in [2.05, 4.69) is 65.2 Å². The van der Waals surface area contributed by atoms with E-state index in [1.807, 2.05) is 0 Å². The third-order valence-electron chi connectivity index (χ3n) is 4.64. The number of hydrogen-bond acceptors (Lipinski definition) is 2. The summed E-state index contributed by atoms with van der Waals surface area (Å²) in [5.41, 5.74) is 4.03. The third-order valence-corrected chi connectivity index (χ3v) is 4.64. The van der Waals surface area contributed by atoms with Crippen LogP contribution in [0.4, 0.5) is 0 Å². The first kappa shape index (κ1) is 15.4. The van der Waals surface area contributed by atoms with Gasteiger partial charge in [-0.2, -0.15) is 0 Å². The van der Waals surface area contributed by atoms with Crippen LogP contribution in [-0.2, 0) is 22.4 Å². The average molecular weight is 321 g/mol. The Bertz CT molecular complexity index is 788. The Labute approximate surface area is 142 Å². The number of hydrogen-bond donors (Lipinski definition) is 0. The van der Waals surface area contributed by atoms with Gasteiger partial charge < -0.3 is 14.0 Å². The van der Waals surface area contributed by atoms with E-state index < -0.39 is 0 Å². The van der Waals surface area contributed by atoms with Crippen LogP contribution in [0.15, 0.2) is 60.7 Å². The summed E-state index contributed by atoms with van der Waals surface area (Å²) in [5, 5.41) is 1.32. The second-order valence-corrected chi connectivity index (χ2v) is 6.33. The number of aryl methyl sites for hydroxylation is 1. The van der Waals surface area contributed by atoms with E-state index in [9.17, 15) is 0 Å². The molecule has 1 fully saturated rings. The fourth-order valence-electron chi connectivity index (χ4n) is 3.45. The Hall–Kier alpha value is -2.10. The van der Waals surface area contributed by atoms with Gasteiger partial charge in [0.1, 0.15) is 0 Å². The van der Waals surface area contributed by atoms with Crippen LogP contribution in [-0.4, -0.2) is 24.1 Å². The summed E-state index contributed by atoms with van der Waals surface area (Å²) in [4.78, 5) is 0. The molecule has 1 aromatic heterocycles. The zero-order chi connectivity index (χ0) is 16.2. The Balaban J connectivity index is 1.55. The van der Waals surface area contributed by atoms with Gasteiger partial charge in [-0.25, -0.2) is 0 Å². The second kappa shape index (κ2) is 7.20. The van der Waals surface area contributed by atoms with E-state index in [0.29, 0.717) is 0 Å². The van der Waals surface area contributed by atoms with Crippen LogP contribution in [0, 0.1) is 0 Å². The van der Waals surface area contributed by atoms with Crippen molar-refractivity contribution in [1.29, 1.82) is 0 Å². The molecule has 124 valence electrons. The van der Waals surface area contributed by atoms with Gasteiger partial charge >= 0.3 is 0 Å². The first-order valence-electron chi connectivity index (χ1n) is 8.74. The summed E-state index contributed by atoms with van der Waals surface area (Å²) in [6.45, 7) is 2.39. The van der Waals surface area contributed by atoms with Crippen molar-refractivity contribution in [1.82, 2.24) is 4.57 Å². The summed E-state index contributed by atoms with van der Waals surface area (Å²) in [6, 6.07) is 21.6. The molecular weight excluding hydrogens is 298 g/mol. The highest BCUT2D eigenvalue weighted by atomic mass is 16.7. The lowest BCUT2D eigenvalue weighted by atomic mass is 10.1. The normalized spacial score (nSPS) is 15.3. The number of nitrogens with zero attached hydrogens (tertiary/aromatic N) is 1.